The van der Waals surface area contributed by atoms with Gasteiger partial charge in [0.1, 0.15) is 0 Å². The Morgan fingerprint density at radius 3 is 2.24 bits per heavy atom. The highest BCUT2D eigenvalue weighted by molar-refractivity contribution is 14.0. The van der Waals surface area contributed by atoms with Gasteiger partial charge in [0, 0.05) is 40.3 Å². The Kier molecular flexibility index (Phi) is 8.01. The molecule has 0 bridgehead atoms. The number of nitrogens with zero attached hydrogens (tertiary/aromatic N) is 3. The molecule has 100 valence electrons. The molecular weight excluding hydrogens is 335 g/mol. The van der Waals surface area contributed by atoms with Gasteiger partial charge in [0.25, 0.3) is 0 Å². The Bertz CT molecular complexity index is 265. The highest BCUT2D eigenvalue weighted by Gasteiger charge is 2.22. The summed E-state index contributed by atoms with van der Waals surface area (Å²) in [4.78, 5) is 19.4. The number of rotatable bonds is 1. The average Bonchev–Trinajstić information content (AvgIpc) is 2.32. The molecule has 1 fully saturated rings. The maximum Gasteiger partial charge on any atom is 0.409 e. The Labute approximate surface area is 119 Å². The molecule has 1 N–H and O–H groups in total. The molecule has 0 aliphatic carbocycles. The number of guanidine groups is 1. The van der Waals surface area contributed by atoms with Crippen molar-refractivity contribution in [2.24, 2.45) is 4.99 Å². The number of amides is 1. The van der Waals surface area contributed by atoms with E-state index in [2.05, 4.69) is 15.2 Å². The van der Waals surface area contributed by atoms with Crippen LogP contribution in [0.3, 0.4) is 0 Å². The van der Waals surface area contributed by atoms with Crippen molar-refractivity contribution in [3.8, 4) is 0 Å². The molecule has 1 amide bonds. The first-order chi connectivity index (χ1) is 7.72. The van der Waals surface area contributed by atoms with E-state index in [1.807, 2.05) is 14.0 Å². The molecule has 6 nitrogen and oxygen atoms in total. The van der Waals surface area contributed by atoms with Crippen LogP contribution in [0.4, 0.5) is 4.79 Å². The number of carbonyl (C=O) groups is 1. The second-order valence-corrected chi connectivity index (χ2v) is 3.47. The van der Waals surface area contributed by atoms with E-state index in [9.17, 15) is 4.79 Å². The number of ether oxygens (including phenoxy) is 1. The number of halogens is 1. The summed E-state index contributed by atoms with van der Waals surface area (Å²) in [7, 11) is 3.60. The monoisotopic (exact) mass is 356 g/mol. The molecule has 0 spiro atoms. The lowest BCUT2D eigenvalue weighted by Gasteiger charge is -2.35. The zero-order valence-electron chi connectivity index (χ0n) is 10.6. The maximum atomic E-state index is 11.5. The minimum absolute atomic E-state index is 0. The van der Waals surface area contributed by atoms with Crippen LogP contribution in [-0.4, -0.2) is 68.7 Å². The lowest BCUT2D eigenvalue weighted by Crippen LogP contribution is -2.53. The lowest BCUT2D eigenvalue weighted by molar-refractivity contribution is 0.0915. The van der Waals surface area contributed by atoms with Gasteiger partial charge in [-0.25, -0.2) is 4.79 Å². The molecular formula is C10H21IN4O2. The summed E-state index contributed by atoms with van der Waals surface area (Å²) in [6, 6.07) is 0. The fraction of sp³-hybridized carbons (Fsp3) is 0.800. The van der Waals surface area contributed by atoms with Gasteiger partial charge in [-0.05, 0) is 6.92 Å². The quantitative estimate of drug-likeness (QED) is 0.424. The molecule has 0 radical (unpaired) electrons. The van der Waals surface area contributed by atoms with Gasteiger partial charge in [-0.2, -0.15) is 0 Å². The third kappa shape index (κ3) is 4.57. The van der Waals surface area contributed by atoms with Crippen LogP contribution in [0.25, 0.3) is 0 Å². The molecule has 0 atom stereocenters. The van der Waals surface area contributed by atoms with Gasteiger partial charge in [-0.3, -0.25) is 4.99 Å². The molecule has 1 heterocycles. The van der Waals surface area contributed by atoms with Gasteiger partial charge < -0.3 is 19.9 Å². The number of carbonyl (C=O) groups excluding carboxylic acids is 1. The Morgan fingerprint density at radius 2 is 1.82 bits per heavy atom. The van der Waals surface area contributed by atoms with Gasteiger partial charge in [-0.1, -0.05) is 0 Å². The number of piperazine rings is 1. The van der Waals surface area contributed by atoms with Crippen molar-refractivity contribution in [2.45, 2.75) is 6.92 Å². The fourth-order valence-electron chi connectivity index (χ4n) is 1.73. The molecule has 17 heavy (non-hydrogen) atoms. The van der Waals surface area contributed by atoms with Gasteiger partial charge in [-0.15, -0.1) is 24.0 Å². The van der Waals surface area contributed by atoms with Crippen molar-refractivity contribution >= 4 is 36.0 Å². The summed E-state index contributed by atoms with van der Waals surface area (Å²) < 4.78 is 4.95. The molecule has 1 saturated heterocycles. The molecule has 7 heteroatoms. The molecule has 0 aromatic rings. The van der Waals surface area contributed by atoms with E-state index in [0.717, 1.165) is 19.0 Å². The van der Waals surface area contributed by atoms with Crippen molar-refractivity contribution in [1.29, 1.82) is 0 Å². The molecule has 1 rings (SSSR count). The maximum absolute atomic E-state index is 11.5. The Balaban J connectivity index is 0.00000256. The summed E-state index contributed by atoms with van der Waals surface area (Å²) >= 11 is 0. The summed E-state index contributed by atoms with van der Waals surface area (Å²) in [6.45, 7) is 5.17. The fourth-order valence-corrected chi connectivity index (χ4v) is 1.73. The molecule has 0 aromatic carbocycles. The summed E-state index contributed by atoms with van der Waals surface area (Å²) in [5.41, 5.74) is 0. The number of aliphatic imine (C=N–C) groups is 1. The van der Waals surface area contributed by atoms with Crippen LogP contribution < -0.4 is 5.32 Å². The standard InChI is InChI=1S/C10H20N4O2.HI/c1-4-16-10(15)14-7-5-13(6-8-14)9(11-2)12-3;/h4-8H2,1-3H3,(H,11,12);1H. The lowest BCUT2D eigenvalue weighted by atomic mass is 10.3. The van der Waals surface area contributed by atoms with Gasteiger partial charge in [0.2, 0.25) is 0 Å². The van der Waals surface area contributed by atoms with Crippen LogP contribution in [0.1, 0.15) is 6.92 Å². The number of nitrogens with one attached hydrogen (secondary N) is 1. The van der Waals surface area contributed by atoms with E-state index in [-0.39, 0.29) is 30.1 Å². The van der Waals surface area contributed by atoms with Crippen molar-refractivity contribution in [3.63, 3.8) is 0 Å². The predicted octanol–water partition coefficient (Wildman–Crippen LogP) is 0.584. The van der Waals surface area contributed by atoms with Crippen molar-refractivity contribution in [1.82, 2.24) is 15.1 Å². The summed E-state index contributed by atoms with van der Waals surface area (Å²) in [5.74, 6) is 0.864. The molecule has 1 aliphatic heterocycles. The van der Waals surface area contributed by atoms with Crippen molar-refractivity contribution in [3.05, 3.63) is 0 Å². The minimum atomic E-state index is -0.221. The van der Waals surface area contributed by atoms with Gasteiger partial charge in [0.15, 0.2) is 5.96 Å². The second kappa shape index (κ2) is 8.37. The zero-order chi connectivity index (χ0) is 12.0. The number of hydrogen-bond donors (Lipinski definition) is 1. The highest BCUT2D eigenvalue weighted by atomic mass is 127. The number of hydrogen-bond acceptors (Lipinski definition) is 3. The van der Waals surface area contributed by atoms with E-state index in [1.165, 1.54) is 0 Å². The normalized spacial score (nSPS) is 16.3. The molecule has 1 aliphatic rings. The third-order valence-corrected chi connectivity index (χ3v) is 2.54. The Hall–Kier alpha value is -0.730. The molecule has 0 aromatic heterocycles. The van der Waals surface area contributed by atoms with Crippen LogP contribution in [0.5, 0.6) is 0 Å². The largest absolute Gasteiger partial charge is 0.450 e. The van der Waals surface area contributed by atoms with Crippen molar-refractivity contribution < 1.29 is 9.53 Å². The molecule has 0 unspecified atom stereocenters. The average molecular weight is 356 g/mol. The van der Waals surface area contributed by atoms with Gasteiger partial charge >= 0.3 is 6.09 Å². The topological polar surface area (TPSA) is 57.2 Å². The zero-order valence-corrected chi connectivity index (χ0v) is 12.9. The van der Waals surface area contributed by atoms with Crippen LogP contribution in [0.15, 0.2) is 4.99 Å². The van der Waals surface area contributed by atoms with Crippen LogP contribution in [0, 0.1) is 0 Å². The summed E-state index contributed by atoms with van der Waals surface area (Å²) in [5, 5.41) is 3.03. The Morgan fingerprint density at radius 1 is 1.29 bits per heavy atom. The first-order valence-electron chi connectivity index (χ1n) is 5.54. The smallest absolute Gasteiger partial charge is 0.409 e. The summed E-state index contributed by atoms with van der Waals surface area (Å²) in [6.07, 6.45) is -0.221. The minimum Gasteiger partial charge on any atom is -0.450 e. The highest BCUT2D eigenvalue weighted by Crippen LogP contribution is 2.03. The first kappa shape index (κ1) is 16.3. The van der Waals surface area contributed by atoms with Crippen LogP contribution >= 0.6 is 24.0 Å². The van der Waals surface area contributed by atoms with Gasteiger partial charge in [0.05, 0.1) is 6.61 Å². The van der Waals surface area contributed by atoms with E-state index < -0.39 is 0 Å². The third-order valence-electron chi connectivity index (χ3n) is 2.54. The first-order valence-corrected chi connectivity index (χ1v) is 5.54. The van der Waals surface area contributed by atoms with E-state index >= 15 is 0 Å². The van der Waals surface area contributed by atoms with Crippen LogP contribution in [-0.2, 0) is 4.74 Å². The van der Waals surface area contributed by atoms with Crippen LogP contribution in [0.2, 0.25) is 0 Å². The van der Waals surface area contributed by atoms with E-state index in [0.29, 0.717) is 19.7 Å². The van der Waals surface area contributed by atoms with E-state index in [4.69, 9.17) is 4.74 Å². The second-order valence-electron chi connectivity index (χ2n) is 3.47. The van der Waals surface area contributed by atoms with Crippen molar-refractivity contribution in [2.75, 3.05) is 46.9 Å². The molecule has 0 saturated carbocycles. The van der Waals surface area contributed by atoms with E-state index in [1.54, 1.807) is 11.9 Å². The SMILES string of the molecule is CCOC(=O)N1CCN(C(=NC)NC)CC1.I. The predicted molar refractivity (Wildman–Crippen MR) is 78.0 cm³/mol.